The molecule has 0 saturated heterocycles. The van der Waals surface area contributed by atoms with Crippen molar-refractivity contribution in [2.75, 3.05) is 19.8 Å². The molecule has 188 valence electrons. The molecule has 0 fully saturated rings. The minimum absolute atomic E-state index is 0. The summed E-state index contributed by atoms with van der Waals surface area (Å²) in [6.07, 6.45) is 12.8. The number of carbonyl (C=O) groups is 1. The van der Waals surface area contributed by atoms with Gasteiger partial charge in [-0.15, -0.1) is 0 Å². The topological polar surface area (TPSA) is 102 Å². The fraction of sp³-hybridized carbons (Fsp3) is 0.864. The summed E-state index contributed by atoms with van der Waals surface area (Å²) in [4.78, 5) is 27.8. The van der Waals surface area contributed by atoms with Gasteiger partial charge in [0.1, 0.15) is 0 Å². The minimum Gasteiger partial charge on any atom is -0.517 e. The average molecular weight is 485 g/mol. The zero-order chi connectivity index (χ0) is 23.5. The molecule has 7 nitrogen and oxygen atoms in total. The van der Waals surface area contributed by atoms with Gasteiger partial charge >= 0.3 is 13.8 Å². The monoisotopic (exact) mass is 484 g/mol. The van der Waals surface area contributed by atoms with Crippen molar-refractivity contribution in [3.8, 4) is 0 Å². The van der Waals surface area contributed by atoms with E-state index in [1.807, 2.05) is 19.6 Å². The maximum atomic E-state index is 10.9. The Morgan fingerprint density at radius 1 is 0.871 bits per heavy atom. The van der Waals surface area contributed by atoms with Crippen molar-refractivity contribution in [1.82, 2.24) is 0 Å². The Bertz CT molecular complexity index is 487. The van der Waals surface area contributed by atoms with E-state index in [0.717, 1.165) is 12.8 Å². The first-order valence-corrected chi connectivity index (χ1v) is 16.0. The number of rotatable bonds is 17. The summed E-state index contributed by atoms with van der Waals surface area (Å²) in [5.74, 6) is -0.265. The number of hydrogen-bond donors (Lipinski definition) is 2. The Labute approximate surface area is 192 Å². The molecule has 0 radical (unpaired) electrons. The third kappa shape index (κ3) is 34.3. The molecule has 0 aliphatic heterocycles. The van der Waals surface area contributed by atoms with Gasteiger partial charge in [-0.25, -0.2) is 9.36 Å². The Morgan fingerprint density at radius 3 is 1.68 bits per heavy atom. The van der Waals surface area contributed by atoms with Crippen LogP contribution in [-0.4, -0.2) is 43.9 Å². The molecule has 0 rings (SSSR count). The molecule has 0 aliphatic rings. The van der Waals surface area contributed by atoms with Crippen LogP contribution >= 0.6 is 7.82 Å². The van der Waals surface area contributed by atoms with Gasteiger partial charge in [-0.1, -0.05) is 78.7 Å². The highest BCUT2D eigenvalue weighted by Gasteiger charge is 2.19. The smallest absolute Gasteiger partial charge is 0.469 e. The fourth-order valence-corrected chi connectivity index (χ4v) is 3.42. The third-order valence-corrected chi connectivity index (χ3v) is 5.19. The van der Waals surface area contributed by atoms with Crippen LogP contribution in [0.5, 0.6) is 0 Å². The zero-order valence-corrected chi connectivity index (χ0v) is 21.7. The first-order valence-electron chi connectivity index (χ1n) is 11.1. The molecule has 0 saturated carbocycles. The van der Waals surface area contributed by atoms with Crippen LogP contribution in [0.1, 0.15) is 85.5 Å². The van der Waals surface area contributed by atoms with Gasteiger partial charge in [-0.05, 0) is 33.0 Å². The number of carbonyl (C=O) groups excluding carboxylic acids is 1. The van der Waals surface area contributed by atoms with E-state index in [1.54, 1.807) is 6.92 Å². The van der Waals surface area contributed by atoms with E-state index in [1.165, 1.54) is 51.4 Å². The van der Waals surface area contributed by atoms with E-state index in [4.69, 9.17) is 18.9 Å². The SMILES string of the molecule is C.C=C(C)C(=O)O[Si](C)(C)C.CCCCCCCCCCCCOCCOP(=O)(O)O. The largest absolute Gasteiger partial charge is 0.517 e. The van der Waals surface area contributed by atoms with Crippen molar-refractivity contribution in [3.63, 3.8) is 0 Å². The third-order valence-electron chi connectivity index (χ3n) is 3.88. The van der Waals surface area contributed by atoms with E-state index in [9.17, 15) is 9.36 Å². The van der Waals surface area contributed by atoms with Gasteiger partial charge < -0.3 is 18.9 Å². The van der Waals surface area contributed by atoms with Crippen molar-refractivity contribution < 1.29 is 32.8 Å². The zero-order valence-electron chi connectivity index (χ0n) is 19.8. The molecule has 0 amide bonds. The molecule has 31 heavy (non-hydrogen) atoms. The average Bonchev–Trinajstić information content (AvgIpc) is 2.60. The lowest BCUT2D eigenvalue weighted by molar-refractivity contribution is -0.130. The van der Waals surface area contributed by atoms with Crippen LogP contribution in [-0.2, 0) is 23.0 Å². The van der Waals surface area contributed by atoms with E-state index in [0.29, 0.717) is 12.2 Å². The molecule has 0 aromatic heterocycles. The lowest BCUT2D eigenvalue weighted by Gasteiger charge is -2.16. The molecular weight excluding hydrogens is 435 g/mol. The summed E-state index contributed by atoms with van der Waals surface area (Å²) in [7, 11) is -6.02. The summed E-state index contributed by atoms with van der Waals surface area (Å²) >= 11 is 0. The molecule has 0 bridgehead atoms. The van der Waals surface area contributed by atoms with E-state index in [-0.39, 0.29) is 26.6 Å². The molecular formula is C22H49O7PSi. The standard InChI is InChI=1S/C14H31O5P.C7H14O2Si.CH4/c1-2-3-4-5-6-7-8-9-10-11-12-18-13-14-19-20(15,16)17;1-6(2)7(8)9-10(3,4)5;/h2-14H2,1H3,(H2,15,16,17);1H2,2-5H3;1H4. The molecule has 0 aromatic carbocycles. The second kappa shape index (κ2) is 21.3. The highest BCUT2D eigenvalue weighted by atomic mass is 31.2. The van der Waals surface area contributed by atoms with Crippen molar-refractivity contribution >= 4 is 22.1 Å². The quantitative estimate of drug-likeness (QED) is 0.104. The van der Waals surface area contributed by atoms with Gasteiger partial charge in [0, 0.05) is 12.2 Å². The predicted molar refractivity (Wildman–Crippen MR) is 132 cm³/mol. The molecule has 0 spiro atoms. The summed E-state index contributed by atoms with van der Waals surface area (Å²) in [5, 5.41) is 0. The Kier molecular flexibility index (Phi) is 24.2. The van der Waals surface area contributed by atoms with Crippen LogP contribution in [0.3, 0.4) is 0 Å². The lowest BCUT2D eigenvalue weighted by atomic mass is 10.1. The molecule has 9 heteroatoms. The summed E-state index contributed by atoms with van der Waals surface area (Å²) in [6, 6.07) is 0. The summed E-state index contributed by atoms with van der Waals surface area (Å²) in [5.41, 5.74) is 0.474. The summed E-state index contributed by atoms with van der Waals surface area (Å²) in [6.45, 7) is 14.1. The Balaban J connectivity index is -0.000000604. The lowest BCUT2D eigenvalue weighted by Crippen LogP contribution is -2.29. The second-order valence-electron chi connectivity index (χ2n) is 8.40. The van der Waals surface area contributed by atoms with Crippen LogP contribution < -0.4 is 0 Å². The van der Waals surface area contributed by atoms with Crippen LogP contribution in [0, 0.1) is 0 Å². The van der Waals surface area contributed by atoms with E-state index >= 15 is 0 Å². The van der Waals surface area contributed by atoms with Gasteiger partial charge in [-0.3, -0.25) is 4.52 Å². The van der Waals surface area contributed by atoms with Crippen molar-refractivity contribution in [1.29, 1.82) is 0 Å². The van der Waals surface area contributed by atoms with E-state index in [2.05, 4.69) is 18.0 Å². The normalized spacial score (nSPS) is 11.2. The van der Waals surface area contributed by atoms with Crippen LogP contribution in [0.25, 0.3) is 0 Å². The fourth-order valence-electron chi connectivity index (χ4n) is 2.37. The number of phosphoric acid groups is 1. The van der Waals surface area contributed by atoms with Crippen molar-refractivity contribution in [2.45, 2.75) is 105 Å². The first-order chi connectivity index (χ1) is 13.9. The predicted octanol–water partition coefficient (Wildman–Crippen LogP) is 6.61. The molecule has 0 atom stereocenters. The molecule has 0 aromatic rings. The number of phosphoric ester groups is 1. The van der Waals surface area contributed by atoms with Gasteiger partial charge in [0.05, 0.1) is 13.2 Å². The van der Waals surface area contributed by atoms with Crippen LogP contribution in [0.2, 0.25) is 19.6 Å². The van der Waals surface area contributed by atoms with Crippen LogP contribution in [0.4, 0.5) is 0 Å². The molecule has 0 aliphatic carbocycles. The van der Waals surface area contributed by atoms with Gasteiger partial charge in [0.2, 0.25) is 8.32 Å². The van der Waals surface area contributed by atoms with E-state index < -0.39 is 16.1 Å². The summed E-state index contributed by atoms with van der Waals surface area (Å²) < 4.78 is 25.0. The van der Waals surface area contributed by atoms with Crippen molar-refractivity contribution in [2.24, 2.45) is 0 Å². The molecule has 0 unspecified atom stereocenters. The number of ether oxygens (including phenoxy) is 1. The van der Waals surface area contributed by atoms with Gasteiger partial charge in [-0.2, -0.15) is 0 Å². The minimum atomic E-state index is -4.33. The Hall–Kier alpha value is -0.503. The number of unbranched alkanes of at least 4 members (excludes halogenated alkanes) is 9. The van der Waals surface area contributed by atoms with Crippen molar-refractivity contribution in [3.05, 3.63) is 12.2 Å². The number of hydrogen-bond acceptors (Lipinski definition) is 5. The maximum absolute atomic E-state index is 10.9. The highest BCUT2D eigenvalue weighted by Crippen LogP contribution is 2.35. The first kappa shape index (κ1) is 35.1. The highest BCUT2D eigenvalue weighted by molar-refractivity contribution is 7.46. The molecule has 0 heterocycles. The second-order valence-corrected chi connectivity index (χ2v) is 14.1. The van der Waals surface area contributed by atoms with Gasteiger partial charge in [0.25, 0.3) is 0 Å². The Morgan fingerprint density at radius 2 is 1.32 bits per heavy atom. The molecule has 2 N–H and O–H groups in total. The van der Waals surface area contributed by atoms with Gasteiger partial charge in [0.15, 0.2) is 0 Å². The van der Waals surface area contributed by atoms with Crippen LogP contribution in [0.15, 0.2) is 12.2 Å². The maximum Gasteiger partial charge on any atom is 0.469 e.